The van der Waals surface area contributed by atoms with Crippen molar-refractivity contribution in [1.82, 2.24) is 9.88 Å². The lowest BCUT2D eigenvalue weighted by Crippen LogP contribution is -2.58. The maximum absolute atomic E-state index is 13.5. The number of carbonyl (C=O) groups is 2. The number of aromatic nitrogens is 1. The molecule has 1 aliphatic heterocycles. The van der Waals surface area contributed by atoms with Gasteiger partial charge in [0.05, 0.1) is 6.10 Å². The van der Waals surface area contributed by atoms with E-state index in [4.69, 9.17) is 0 Å². The van der Waals surface area contributed by atoms with Gasteiger partial charge >= 0.3 is 5.97 Å². The summed E-state index contributed by atoms with van der Waals surface area (Å²) in [6.45, 7) is 1.53. The molecular formula is C20H21FN2O5. The summed E-state index contributed by atoms with van der Waals surface area (Å²) in [6, 6.07) is 8.03. The first kappa shape index (κ1) is 19.8. The number of carboxylic acid groups (broad SMARTS) is 1. The molecule has 1 fully saturated rings. The molecule has 28 heavy (non-hydrogen) atoms. The van der Waals surface area contributed by atoms with E-state index in [1.165, 1.54) is 29.2 Å². The van der Waals surface area contributed by atoms with Crippen LogP contribution in [-0.2, 0) is 11.2 Å². The number of rotatable bonds is 4. The molecular weight excluding hydrogens is 367 g/mol. The second-order valence-electron chi connectivity index (χ2n) is 7.21. The maximum Gasteiger partial charge on any atom is 0.314 e. The lowest BCUT2D eigenvalue weighted by atomic mass is 9.72. The van der Waals surface area contributed by atoms with Gasteiger partial charge in [0, 0.05) is 30.9 Å². The summed E-state index contributed by atoms with van der Waals surface area (Å²) >= 11 is 0. The number of nitrogens with one attached hydrogen (secondary N) is 1. The topological polar surface area (TPSA) is 111 Å². The Morgan fingerprint density at radius 3 is 2.71 bits per heavy atom. The first-order chi connectivity index (χ1) is 13.2. The molecule has 148 valence electrons. The van der Waals surface area contributed by atoms with Gasteiger partial charge in [0.1, 0.15) is 16.9 Å². The van der Waals surface area contributed by atoms with Crippen LogP contribution in [0.2, 0.25) is 0 Å². The molecule has 3 rings (SSSR count). The number of aliphatic hydroxyl groups excluding tert-OH is 1. The molecule has 0 unspecified atom stereocenters. The SMILES string of the molecule is Cc1cc(=O)cc(C(=O)N2CC[C@H](O)[C@](Cc3cccc(F)c3)(C(=O)O)C2)[nH]1. The van der Waals surface area contributed by atoms with Crippen molar-refractivity contribution >= 4 is 11.9 Å². The molecule has 1 amide bonds. The maximum atomic E-state index is 13.5. The number of carbonyl (C=O) groups excluding carboxylic acids is 1. The summed E-state index contributed by atoms with van der Waals surface area (Å²) in [5.74, 6) is -2.29. The monoisotopic (exact) mass is 388 g/mol. The number of piperidine rings is 1. The minimum absolute atomic E-state index is 0.0589. The van der Waals surface area contributed by atoms with Gasteiger partial charge in [-0.1, -0.05) is 12.1 Å². The van der Waals surface area contributed by atoms with E-state index in [0.717, 1.165) is 6.07 Å². The third kappa shape index (κ3) is 3.82. The predicted octanol–water partition coefficient (Wildman–Crippen LogP) is 1.34. The van der Waals surface area contributed by atoms with Gasteiger partial charge in [0.2, 0.25) is 0 Å². The van der Waals surface area contributed by atoms with Crippen LogP contribution in [0.1, 0.15) is 28.2 Å². The van der Waals surface area contributed by atoms with E-state index in [2.05, 4.69) is 4.98 Å². The normalized spacial score (nSPS) is 22.1. The fourth-order valence-electron chi connectivity index (χ4n) is 3.69. The van der Waals surface area contributed by atoms with Crippen molar-refractivity contribution in [3.05, 3.63) is 69.4 Å². The first-order valence-corrected chi connectivity index (χ1v) is 8.87. The van der Waals surface area contributed by atoms with Crippen molar-refractivity contribution in [3.8, 4) is 0 Å². The number of hydrogen-bond donors (Lipinski definition) is 3. The number of benzene rings is 1. The van der Waals surface area contributed by atoms with E-state index in [-0.39, 0.29) is 37.1 Å². The summed E-state index contributed by atoms with van der Waals surface area (Å²) in [4.78, 5) is 40.8. The van der Waals surface area contributed by atoms with Crippen LogP contribution in [-0.4, -0.2) is 51.2 Å². The Hall–Kier alpha value is -3.00. The van der Waals surface area contributed by atoms with E-state index >= 15 is 0 Å². The van der Waals surface area contributed by atoms with Crippen LogP contribution in [0.3, 0.4) is 0 Å². The zero-order valence-corrected chi connectivity index (χ0v) is 15.3. The van der Waals surface area contributed by atoms with Gasteiger partial charge in [-0.3, -0.25) is 14.4 Å². The molecule has 0 saturated carbocycles. The number of aryl methyl sites for hydroxylation is 1. The van der Waals surface area contributed by atoms with Gasteiger partial charge in [-0.25, -0.2) is 4.39 Å². The van der Waals surface area contributed by atoms with Crippen LogP contribution in [0.5, 0.6) is 0 Å². The lowest BCUT2D eigenvalue weighted by molar-refractivity contribution is -0.161. The molecule has 0 spiro atoms. The molecule has 1 saturated heterocycles. The van der Waals surface area contributed by atoms with Crippen LogP contribution in [0.15, 0.2) is 41.2 Å². The Morgan fingerprint density at radius 1 is 1.32 bits per heavy atom. The van der Waals surface area contributed by atoms with Gasteiger partial charge in [0.15, 0.2) is 5.43 Å². The molecule has 0 bridgehead atoms. The Bertz CT molecular complexity index is 973. The van der Waals surface area contributed by atoms with Crippen molar-refractivity contribution < 1.29 is 24.2 Å². The molecule has 2 heterocycles. The molecule has 1 aromatic carbocycles. The number of carboxylic acids is 1. The number of hydrogen-bond acceptors (Lipinski definition) is 4. The quantitative estimate of drug-likeness (QED) is 0.732. The number of aromatic amines is 1. The highest BCUT2D eigenvalue weighted by Gasteiger charge is 2.50. The molecule has 7 nitrogen and oxygen atoms in total. The number of nitrogens with zero attached hydrogens (tertiary/aromatic N) is 1. The van der Waals surface area contributed by atoms with Crippen LogP contribution < -0.4 is 5.43 Å². The van der Waals surface area contributed by atoms with Crippen molar-refractivity contribution in [2.24, 2.45) is 5.41 Å². The highest BCUT2D eigenvalue weighted by Crippen LogP contribution is 2.35. The van der Waals surface area contributed by atoms with Gasteiger partial charge in [0.25, 0.3) is 5.91 Å². The van der Waals surface area contributed by atoms with E-state index in [0.29, 0.717) is 11.3 Å². The fourth-order valence-corrected chi connectivity index (χ4v) is 3.69. The Morgan fingerprint density at radius 2 is 2.07 bits per heavy atom. The number of pyridine rings is 1. The molecule has 1 aromatic heterocycles. The van der Waals surface area contributed by atoms with Crippen molar-refractivity contribution in [3.63, 3.8) is 0 Å². The molecule has 0 radical (unpaired) electrons. The summed E-state index contributed by atoms with van der Waals surface area (Å²) in [5, 5.41) is 20.4. The molecule has 3 N–H and O–H groups in total. The summed E-state index contributed by atoms with van der Waals surface area (Å²) < 4.78 is 13.5. The Labute approximate surface area is 160 Å². The number of aliphatic carboxylic acids is 1. The van der Waals surface area contributed by atoms with Gasteiger partial charge in [-0.2, -0.15) is 0 Å². The van der Waals surface area contributed by atoms with Gasteiger partial charge in [-0.05, 0) is 37.5 Å². The van der Waals surface area contributed by atoms with E-state index in [1.54, 1.807) is 13.0 Å². The predicted molar refractivity (Wildman–Crippen MR) is 98.5 cm³/mol. The highest BCUT2D eigenvalue weighted by atomic mass is 19.1. The number of amides is 1. The summed E-state index contributed by atoms with van der Waals surface area (Å²) in [5.41, 5.74) is -1.02. The smallest absolute Gasteiger partial charge is 0.314 e. The number of aliphatic hydroxyl groups is 1. The van der Waals surface area contributed by atoms with Gasteiger partial charge in [-0.15, -0.1) is 0 Å². The van der Waals surface area contributed by atoms with Gasteiger partial charge < -0.3 is 20.1 Å². The largest absolute Gasteiger partial charge is 0.481 e. The van der Waals surface area contributed by atoms with E-state index in [9.17, 15) is 29.0 Å². The third-order valence-corrected chi connectivity index (χ3v) is 5.11. The van der Waals surface area contributed by atoms with E-state index < -0.39 is 29.2 Å². The second-order valence-corrected chi connectivity index (χ2v) is 7.21. The number of H-pyrrole nitrogens is 1. The molecule has 0 aliphatic carbocycles. The molecule has 8 heteroatoms. The summed E-state index contributed by atoms with van der Waals surface area (Å²) in [7, 11) is 0. The van der Waals surface area contributed by atoms with Crippen LogP contribution in [0.25, 0.3) is 0 Å². The minimum Gasteiger partial charge on any atom is -0.481 e. The first-order valence-electron chi connectivity index (χ1n) is 8.87. The van der Waals surface area contributed by atoms with Crippen molar-refractivity contribution in [2.75, 3.05) is 13.1 Å². The summed E-state index contributed by atoms with van der Waals surface area (Å²) in [6.07, 6.45) is -1.27. The zero-order chi connectivity index (χ0) is 20.5. The Balaban J connectivity index is 1.93. The average molecular weight is 388 g/mol. The Kier molecular flexibility index (Phi) is 5.33. The van der Waals surface area contributed by atoms with Crippen LogP contribution in [0, 0.1) is 18.2 Å². The number of likely N-dealkylation sites (tertiary alicyclic amines) is 1. The molecule has 2 aromatic rings. The lowest BCUT2D eigenvalue weighted by Gasteiger charge is -2.43. The average Bonchev–Trinajstić information content (AvgIpc) is 2.62. The zero-order valence-electron chi connectivity index (χ0n) is 15.3. The highest BCUT2D eigenvalue weighted by molar-refractivity contribution is 5.93. The van der Waals surface area contributed by atoms with Crippen molar-refractivity contribution in [2.45, 2.75) is 25.9 Å². The third-order valence-electron chi connectivity index (χ3n) is 5.11. The molecule has 2 atom stereocenters. The second kappa shape index (κ2) is 7.55. The standard InChI is InChI=1S/C20H21FN2O5/c1-12-7-15(24)9-16(22-12)18(26)23-6-5-17(25)20(11-23,19(27)28)10-13-3-2-4-14(21)8-13/h2-4,7-9,17,25H,5-6,10-11H2,1H3,(H,22,24)(H,27,28)/t17-,20+/m0/s1. The van der Waals surface area contributed by atoms with E-state index in [1.807, 2.05) is 0 Å². The fraction of sp³-hybridized carbons (Fsp3) is 0.350. The minimum atomic E-state index is -1.67. The van der Waals surface area contributed by atoms with Crippen LogP contribution >= 0.6 is 0 Å². The molecule has 1 aliphatic rings. The van der Waals surface area contributed by atoms with Crippen LogP contribution in [0.4, 0.5) is 4.39 Å². The van der Waals surface area contributed by atoms with Crippen molar-refractivity contribution in [1.29, 1.82) is 0 Å². The number of halogens is 1.